The van der Waals surface area contributed by atoms with Crippen LogP contribution in [0.15, 0.2) is 23.6 Å². The van der Waals surface area contributed by atoms with Crippen LogP contribution in [0.5, 0.6) is 0 Å². The van der Waals surface area contributed by atoms with E-state index in [0.717, 1.165) is 5.56 Å². The minimum Gasteiger partial charge on any atom is -0.409 e. The second kappa shape index (κ2) is 6.58. The maximum Gasteiger partial charge on any atom is 0.253 e. The molecule has 1 aromatic heterocycles. The molecule has 0 aliphatic carbocycles. The highest BCUT2D eigenvalue weighted by Crippen LogP contribution is 2.04. The Labute approximate surface area is 106 Å². The number of aromatic nitrogens is 1. The maximum absolute atomic E-state index is 11.9. The van der Waals surface area contributed by atoms with Gasteiger partial charge < -0.3 is 16.3 Å². The first kappa shape index (κ1) is 14.0. The minimum atomic E-state index is -0.205. The van der Waals surface area contributed by atoms with Crippen molar-refractivity contribution in [3.63, 3.8) is 0 Å². The lowest BCUT2D eigenvalue weighted by atomic mass is 10.1. The first-order valence-electron chi connectivity index (χ1n) is 5.75. The second-order valence-corrected chi connectivity index (χ2v) is 4.13. The lowest BCUT2D eigenvalue weighted by Gasteiger charge is -2.16. The highest BCUT2D eigenvalue weighted by Gasteiger charge is 2.14. The van der Waals surface area contributed by atoms with E-state index in [2.05, 4.69) is 15.5 Å². The molecule has 0 spiro atoms. The van der Waals surface area contributed by atoms with Gasteiger partial charge in [-0.05, 0) is 25.0 Å². The molecule has 1 aromatic rings. The first-order valence-corrected chi connectivity index (χ1v) is 5.75. The third kappa shape index (κ3) is 4.04. The summed E-state index contributed by atoms with van der Waals surface area (Å²) in [4.78, 5) is 15.9. The van der Waals surface area contributed by atoms with Gasteiger partial charge >= 0.3 is 0 Å². The molecule has 4 N–H and O–H groups in total. The summed E-state index contributed by atoms with van der Waals surface area (Å²) in [5.74, 6) is -0.103. The van der Waals surface area contributed by atoms with Crippen LogP contribution in [0.2, 0.25) is 0 Å². The number of rotatable bonds is 5. The number of pyridine rings is 1. The number of amidine groups is 1. The van der Waals surface area contributed by atoms with E-state index in [1.54, 1.807) is 12.3 Å². The standard InChI is InChI=1S/C12H18N4O2/c1-3-10(5-11(13)16-18)15-12(17)9-4-8(2)6-14-7-9/h4,6-7,10,18H,3,5H2,1-2H3,(H2,13,16)(H,15,17). The fraction of sp³-hybridized carbons (Fsp3) is 0.417. The van der Waals surface area contributed by atoms with Gasteiger partial charge in [0.2, 0.25) is 0 Å². The summed E-state index contributed by atoms with van der Waals surface area (Å²) in [5, 5.41) is 14.2. The van der Waals surface area contributed by atoms with Crippen molar-refractivity contribution >= 4 is 11.7 Å². The average molecular weight is 250 g/mol. The molecule has 0 aromatic carbocycles. The predicted molar refractivity (Wildman–Crippen MR) is 68.5 cm³/mol. The van der Waals surface area contributed by atoms with Gasteiger partial charge in [-0.25, -0.2) is 0 Å². The Balaban J connectivity index is 2.68. The third-order valence-corrected chi connectivity index (χ3v) is 2.55. The summed E-state index contributed by atoms with van der Waals surface area (Å²) in [5.41, 5.74) is 6.85. The Kier molecular flexibility index (Phi) is 5.10. The maximum atomic E-state index is 11.9. The molecule has 6 heteroatoms. The van der Waals surface area contributed by atoms with E-state index in [0.29, 0.717) is 18.4 Å². The quantitative estimate of drug-likeness (QED) is 0.314. The molecule has 0 aliphatic rings. The number of oxime groups is 1. The molecule has 6 nitrogen and oxygen atoms in total. The van der Waals surface area contributed by atoms with Gasteiger partial charge in [0.1, 0.15) is 5.84 Å². The Hall–Kier alpha value is -2.11. The van der Waals surface area contributed by atoms with E-state index in [1.807, 2.05) is 13.8 Å². The number of carbonyl (C=O) groups excluding carboxylic acids is 1. The van der Waals surface area contributed by atoms with Crippen LogP contribution < -0.4 is 11.1 Å². The molecule has 1 atom stereocenters. The van der Waals surface area contributed by atoms with Crippen LogP contribution in [0.25, 0.3) is 0 Å². The number of nitrogens with zero attached hydrogens (tertiary/aromatic N) is 2. The van der Waals surface area contributed by atoms with Crippen LogP contribution in [-0.4, -0.2) is 28.0 Å². The van der Waals surface area contributed by atoms with E-state index in [-0.39, 0.29) is 17.8 Å². The van der Waals surface area contributed by atoms with Gasteiger partial charge in [0.15, 0.2) is 0 Å². The summed E-state index contributed by atoms with van der Waals surface area (Å²) >= 11 is 0. The van der Waals surface area contributed by atoms with E-state index < -0.39 is 0 Å². The molecule has 0 radical (unpaired) electrons. The Bertz CT molecular complexity index is 445. The van der Waals surface area contributed by atoms with Gasteiger partial charge in [0.05, 0.1) is 5.56 Å². The van der Waals surface area contributed by atoms with Crippen LogP contribution >= 0.6 is 0 Å². The molecule has 1 heterocycles. The molecule has 0 aliphatic heterocycles. The number of amides is 1. The van der Waals surface area contributed by atoms with Crippen molar-refractivity contribution in [2.24, 2.45) is 10.9 Å². The fourth-order valence-electron chi connectivity index (χ4n) is 1.54. The van der Waals surface area contributed by atoms with Crippen LogP contribution in [0.3, 0.4) is 0 Å². The smallest absolute Gasteiger partial charge is 0.253 e. The van der Waals surface area contributed by atoms with Crippen molar-refractivity contribution in [3.05, 3.63) is 29.6 Å². The lowest BCUT2D eigenvalue weighted by molar-refractivity contribution is 0.0936. The van der Waals surface area contributed by atoms with Crippen LogP contribution in [0.1, 0.15) is 35.7 Å². The van der Waals surface area contributed by atoms with Crippen molar-refractivity contribution in [2.45, 2.75) is 32.7 Å². The molecule has 0 saturated carbocycles. The second-order valence-electron chi connectivity index (χ2n) is 4.13. The molecule has 0 bridgehead atoms. The summed E-state index contributed by atoms with van der Waals surface area (Å²) in [6, 6.07) is 1.60. The molecule has 98 valence electrons. The predicted octanol–water partition coefficient (Wildman–Crippen LogP) is 1.03. The zero-order valence-corrected chi connectivity index (χ0v) is 10.6. The molecule has 18 heavy (non-hydrogen) atoms. The normalized spacial score (nSPS) is 13.1. The Morgan fingerprint density at radius 3 is 2.89 bits per heavy atom. The van der Waals surface area contributed by atoms with Gasteiger partial charge in [-0.1, -0.05) is 12.1 Å². The van der Waals surface area contributed by atoms with Gasteiger partial charge in [-0.2, -0.15) is 0 Å². The molecule has 1 rings (SSSR count). The highest BCUT2D eigenvalue weighted by atomic mass is 16.4. The van der Waals surface area contributed by atoms with E-state index >= 15 is 0 Å². The number of hydrogen-bond donors (Lipinski definition) is 3. The van der Waals surface area contributed by atoms with E-state index in [4.69, 9.17) is 10.9 Å². The zero-order valence-electron chi connectivity index (χ0n) is 10.6. The highest BCUT2D eigenvalue weighted by molar-refractivity contribution is 5.94. The topological polar surface area (TPSA) is 101 Å². The van der Waals surface area contributed by atoms with Crippen LogP contribution in [-0.2, 0) is 0 Å². The summed E-state index contributed by atoms with van der Waals surface area (Å²) in [7, 11) is 0. The molecule has 1 amide bonds. The van der Waals surface area contributed by atoms with Crippen LogP contribution in [0.4, 0.5) is 0 Å². The third-order valence-electron chi connectivity index (χ3n) is 2.55. The number of nitrogens with two attached hydrogens (primary N) is 1. The van der Waals surface area contributed by atoms with Gasteiger partial charge in [-0.15, -0.1) is 0 Å². The average Bonchev–Trinajstić information content (AvgIpc) is 2.37. The summed E-state index contributed by atoms with van der Waals surface area (Å²) in [6.45, 7) is 3.79. The largest absolute Gasteiger partial charge is 0.409 e. The zero-order chi connectivity index (χ0) is 13.5. The van der Waals surface area contributed by atoms with Gasteiger partial charge in [0.25, 0.3) is 5.91 Å². The van der Waals surface area contributed by atoms with Crippen LogP contribution in [0, 0.1) is 6.92 Å². The summed E-state index contributed by atoms with van der Waals surface area (Å²) < 4.78 is 0. The number of nitrogens with one attached hydrogen (secondary N) is 1. The fourth-order valence-corrected chi connectivity index (χ4v) is 1.54. The molecular weight excluding hydrogens is 232 g/mol. The lowest BCUT2D eigenvalue weighted by Crippen LogP contribution is -2.37. The monoisotopic (exact) mass is 250 g/mol. The SMILES string of the molecule is CCC(CC(N)=NO)NC(=O)c1cncc(C)c1. The molecule has 1 unspecified atom stereocenters. The van der Waals surface area contributed by atoms with Crippen molar-refractivity contribution in [1.82, 2.24) is 10.3 Å². The number of carbonyl (C=O) groups is 1. The van der Waals surface area contributed by atoms with Crippen molar-refractivity contribution < 1.29 is 10.0 Å². The molecular formula is C12H18N4O2. The molecule has 0 fully saturated rings. The summed E-state index contributed by atoms with van der Waals surface area (Å²) in [6.07, 6.45) is 4.21. The van der Waals surface area contributed by atoms with Crippen molar-refractivity contribution in [2.75, 3.05) is 0 Å². The first-order chi connectivity index (χ1) is 8.56. The van der Waals surface area contributed by atoms with Gasteiger partial charge in [-0.3, -0.25) is 9.78 Å². The van der Waals surface area contributed by atoms with E-state index in [1.165, 1.54) is 6.20 Å². The number of hydrogen-bond acceptors (Lipinski definition) is 4. The van der Waals surface area contributed by atoms with Gasteiger partial charge in [0, 0.05) is 24.9 Å². The Morgan fingerprint density at radius 2 is 2.33 bits per heavy atom. The molecule has 0 saturated heterocycles. The number of aryl methyl sites for hydroxylation is 1. The minimum absolute atomic E-state index is 0.101. The van der Waals surface area contributed by atoms with Crippen molar-refractivity contribution in [1.29, 1.82) is 0 Å². The Morgan fingerprint density at radius 1 is 1.61 bits per heavy atom. The van der Waals surface area contributed by atoms with Crippen molar-refractivity contribution in [3.8, 4) is 0 Å². The van der Waals surface area contributed by atoms with E-state index in [9.17, 15) is 4.79 Å².